The molecular weight excluding hydrogens is 250 g/mol. The smallest absolute Gasteiger partial charge is 0.337 e. The van der Waals surface area contributed by atoms with E-state index in [1.165, 1.54) is 13.2 Å². The van der Waals surface area contributed by atoms with Gasteiger partial charge in [0, 0.05) is 5.69 Å². The molecule has 1 aromatic carbocycles. The zero-order valence-electron chi connectivity index (χ0n) is 10.0. The molecule has 2 rings (SSSR count). The highest BCUT2D eigenvalue weighted by molar-refractivity contribution is 5.90. The standard InChI is InChI=1S/C12H11N3O4/c1-19-11(18)7-3-2-4-8(5-7)13-12-14-9(16)6-10(17)15-12/h2-6H,1H3,(H3,13,14,15,16,17). The number of nitrogens with one attached hydrogen (secondary N) is 2. The summed E-state index contributed by atoms with van der Waals surface area (Å²) in [6.45, 7) is 0. The van der Waals surface area contributed by atoms with E-state index in [9.17, 15) is 14.7 Å². The van der Waals surface area contributed by atoms with Crippen molar-refractivity contribution >= 4 is 17.6 Å². The van der Waals surface area contributed by atoms with Crippen LogP contribution >= 0.6 is 0 Å². The summed E-state index contributed by atoms with van der Waals surface area (Å²) < 4.78 is 4.60. The molecule has 0 unspecified atom stereocenters. The van der Waals surface area contributed by atoms with Crippen molar-refractivity contribution in [2.45, 2.75) is 0 Å². The molecule has 3 N–H and O–H groups in total. The summed E-state index contributed by atoms with van der Waals surface area (Å²) in [5.74, 6) is -0.789. The molecule has 0 aliphatic carbocycles. The molecule has 0 saturated heterocycles. The number of nitrogens with zero attached hydrogens (tertiary/aromatic N) is 1. The van der Waals surface area contributed by atoms with Gasteiger partial charge in [0.25, 0.3) is 5.56 Å². The van der Waals surface area contributed by atoms with Crippen LogP contribution in [0.25, 0.3) is 0 Å². The van der Waals surface area contributed by atoms with Gasteiger partial charge in [-0.3, -0.25) is 9.78 Å². The van der Waals surface area contributed by atoms with E-state index in [0.29, 0.717) is 11.3 Å². The van der Waals surface area contributed by atoms with Crippen molar-refractivity contribution in [3.8, 4) is 5.88 Å². The van der Waals surface area contributed by atoms with E-state index < -0.39 is 17.4 Å². The predicted octanol–water partition coefficient (Wildman–Crippen LogP) is 1.01. The fraction of sp³-hybridized carbons (Fsp3) is 0.0833. The number of ether oxygens (including phenoxy) is 1. The number of anilines is 2. The fourth-order valence-electron chi connectivity index (χ4n) is 1.48. The van der Waals surface area contributed by atoms with Crippen molar-refractivity contribution in [2.75, 3.05) is 12.4 Å². The molecular formula is C12H11N3O4. The van der Waals surface area contributed by atoms with E-state index in [2.05, 4.69) is 20.0 Å². The molecule has 0 amide bonds. The van der Waals surface area contributed by atoms with Gasteiger partial charge in [-0.05, 0) is 18.2 Å². The van der Waals surface area contributed by atoms with Gasteiger partial charge in [-0.15, -0.1) is 0 Å². The van der Waals surface area contributed by atoms with Crippen LogP contribution in [0, 0.1) is 0 Å². The number of aromatic hydroxyl groups is 1. The van der Waals surface area contributed by atoms with E-state index in [0.717, 1.165) is 6.07 Å². The Kier molecular flexibility index (Phi) is 3.46. The Bertz CT molecular complexity index is 666. The third kappa shape index (κ3) is 3.09. The van der Waals surface area contributed by atoms with E-state index in [4.69, 9.17) is 0 Å². The Hall–Kier alpha value is -2.83. The number of methoxy groups -OCH3 is 1. The third-order valence-corrected chi connectivity index (χ3v) is 2.27. The average Bonchev–Trinajstić information content (AvgIpc) is 2.37. The Morgan fingerprint density at radius 2 is 2.21 bits per heavy atom. The minimum atomic E-state index is -0.487. The molecule has 1 heterocycles. The molecule has 2 aromatic rings. The number of aromatic amines is 1. The normalized spacial score (nSPS) is 9.95. The van der Waals surface area contributed by atoms with Crippen LogP contribution in [0.5, 0.6) is 5.88 Å². The van der Waals surface area contributed by atoms with Gasteiger partial charge in [0.05, 0.1) is 18.7 Å². The van der Waals surface area contributed by atoms with Crippen LogP contribution in [0.4, 0.5) is 11.6 Å². The highest BCUT2D eigenvalue weighted by Gasteiger charge is 2.06. The first kappa shape index (κ1) is 12.6. The molecule has 0 aliphatic rings. The van der Waals surface area contributed by atoms with Crippen molar-refractivity contribution in [3.05, 3.63) is 46.2 Å². The van der Waals surface area contributed by atoms with Gasteiger partial charge >= 0.3 is 5.97 Å². The van der Waals surface area contributed by atoms with Crippen LogP contribution < -0.4 is 10.9 Å². The van der Waals surface area contributed by atoms with Crippen LogP contribution in [0.3, 0.4) is 0 Å². The molecule has 0 saturated carbocycles. The lowest BCUT2D eigenvalue weighted by Gasteiger charge is -2.06. The molecule has 19 heavy (non-hydrogen) atoms. The number of H-pyrrole nitrogens is 1. The largest absolute Gasteiger partial charge is 0.493 e. The summed E-state index contributed by atoms with van der Waals surface area (Å²) in [4.78, 5) is 28.6. The number of benzene rings is 1. The summed E-state index contributed by atoms with van der Waals surface area (Å²) in [6, 6.07) is 7.41. The molecule has 7 heteroatoms. The highest BCUT2D eigenvalue weighted by Crippen LogP contribution is 2.15. The minimum absolute atomic E-state index is 0.0759. The number of carbonyl (C=O) groups excluding carboxylic acids is 1. The first-order chi connectivity index (χ1) is 9.08. The number of hydrogen-bond donors (Lipinski definition) is 3. The number of esters is 1. The number of carbonyl (C=O) groups is 1. The van der Waals surface area contributed by atoms with Gasteiger partial charge in [0.15, 0.2) is 0 Å². The summed E-state index contributed by atoms with van der Waals surface area (Å²) in [5, 5.41) is 12.0. The summed E-state index contributed by atoms with van der Waals surface area (Å²) in [6.07, 6.45) is 0. The first-order valence-corrected chi connectivity index (χ1v) is 5.34. The second kappa shape index (κ2) is 5.21. The fourth-order valence-corrected chi connectivity index (χ4v) is 1.48. The highest BCUT2D eigenvalue weighted by atomic mass is 16.5. The van der Waals surface area contributed by atoms with Crippen LogP contribution in [0.15, 0.2) is 35.1 Å². The maximum Gasteiger partial charge on any atom is 0.337 e. The minimum Gasteiger partial charge on any atom is -0.493 e. The lowest BCUT2D eigenvalue weighted by molar-refractivity contribution is 0.0601. The van der Waals surface area contributed by atoms with E-state index in [1.54, 1.807) is 18.2 Å². The number of rotatable bonds is 3. The maximum absolute atomic E-state index is 11.4. The maximum atomic E-state index is 11.4. The van der Waals surface area contributed by atoms with Crippen LogP contribution in [0.1, 0.15) is 10.4 Å². The second-order valence-corrected chi connectivity index (χ2v) is 3.65. The second-order valence-electron chi connectivity index (χ2n) is 3.65. The van der Waals surface area contributed by atoms with Crippen LogP contribution in [0.2, 0.25) is 0 Å². The molecule has 0 aliphatic heterocycles. The van der Waals surface area contributed by atoms with Gasteiger partial charge in [-0.2, -0.15) is 4.98 Å². The summed E-state index contributed by atoms with van der Waals surface area (Å²) in [5.41, 5.74) is 0.394. The van der Waals surface area contributed by atoms with E-state index in [-0.39, 0.29) is 5.95 Å². The number of hydrogen-bond acceptors (Lipinski definition) is 6. The number of aromatic nitrogens is 2. The molecule has 0 fully saturated rings. The molecule has 98 valence electrons. The zero-order valence-corrected chi connectivity index (χ0v) is 10.0. The van der Waals surface area contributed by atoms with Gasteiger partial charge < -0.3 is 15.2 Å². The van der Waals surface area contributed by atoms with E-state index >= 15 is 0 Å². The SMILES string of the molecule is COC(=O)c1cccc(Nc2nc(O)cc(=O)[nH]2)c1. The van der Waals surface area contributed by atoms with Crippen molar-refractivity contribution in [1.29, 1.82) is 0 Å². The van der Waals surface area contributed by atoms with Crippen LogP contribution in [-0.2, 0) is 4.74 Å². The van der Waals surface area contributed by atoms with Crippen molar-refractivity contribution in [1.82, 2.24) is 9.97 Å². The quantitative estimate of drug-likeness (QED) is 0.712. The Morgan fingerprint density at radius 3 is 2.89 bits per heavy atom. The third-order valence-electron chi connectivity index (χ3n) is 2.27. The van der Waals surface area contributed by atoms with Crippen molar-refractivity contribution in [3.63, 3.8) is 0 Å². The molecule has 0 spiro atoms. The molecule has 7 nitrogen and oxygen atoms in total. The zero-order chi connectivity index (χ0) is 13.8. The average molecular weight is 261 g/mol. The topological polar surface area (TPSA) is 104 Å². The monoisotopic (exact) mass is 261 g/mol. The lowest BCUT2D eigenvalue weighted by atomic mass is 10.2. The van der Waals surface area contributed by atoms with Gasteiger partial charge in [0.2, 0.25) is 11.8 Å². The van der Waals surface area contributed by atoms with Gasteiger partial charge in [0.1, 0.15) is 0 Å². The molecule has 0 radical (unpaired) electrons. The van der Waals surface area contributed by atoms with Crippen molar-refractivity contribution < 1.29 is 14.6 Å². The Morgan fingerprint density at radius 1 is 1.42 bits per heavy atom. The summed E-state index contributed by atoms with van der Waals surface area (Å²) in [7, 11) is 1.29. The lowest BCUT2D eigenvalue weighted by Crippen LogP contribution is -2.09. The Labute approximate surface area is 107 Å². The molecule has 1 aromatic heterocycles. The van der Waals surface area contributed by atoms with Gasteiger partial charge in [-0.1, -0.05) is 6.07 Å². The van der Waals surface area contributed by atoms with Crippen LogP contribution in [-0.4, -0.2) is 28.2 Å². The van der Waals surface area contributed by atoms with Gasteiger partial charge in [-0.25, -0.2) is 4.79 Å². The van der Waals surface area contributed by atoms with E-state index in [1.807, 2.05) is 0 Å². The molecule has 0 bridgehead atoms. The molecule has 0 atom stereocenters. The van der Waals surface area contributed by atoms with Crippen molar-refractivity contribution in [2.24, 2.45) is 0 Å². The first-order valence-electron chi connectivity index (χ1n) is 5.34. The summed E-state index contributed by atoms with van der Waals surface area (Å²) >= 11 is 0. The Balaban J connectivity index is 2.28. The predicted molar refractivity (Wildman–Crippen MR) is 67.6 cm³/mol.